The van der Waals surface area contributed by atoms with Gasteiger partial charge in [-0.2, -0.15) is 0 Å². The van der Waals surface area contributed by atoms with Gasteiger partial charge in [-0.15, -0.1) is 0 Å². The van der Waals surface area contributed by atoms with E-state index in [1.54, 1.807) is 18.3 Å². The molecule has 4 nitrogen and oxygen atoms in total. The van der Waals surface area contributed by atoms with Gasteiger partial charge in [0.1, 0.15) is 11.6 Å². The lowest BCUT2D eigenvalue weighted by Gasteiger charge is -2.32. The van der Waals surface area contributed by atoms with Crippen LogP contribution in [0.25, 0.3) is 10.8 Å². The Balaban J connectivity index is 1.44. The van der Waals surface area contributed by atoms with E-state index in [9.17, 15) is 4.39 Å². The Kier molecular flexibility index (Phi) is 4.71. The Morgan fingerprint density at radius 1 is 1.08 bits per heavy atom. The number of benzene rings is 2. The van der Waals surface area contributed by atoms with Crippen LogP contribution in [-0.2, 0) is 6.54 Å². The van der Waals surface area contributed by atoms with Crippen molar-refractivity contribution in [1.29, 1.82) is 0 Å². The quantitative estimate of drug-likeness (QED) is 0.698. The first-order chi connectivity index (χ1) is 12.7. The Labute approximate surface area is 152 Å². The zero-order valence-electron chi connectivity index (χ0n) is 14.7. The van der Waals surface area contributed by atoms with Crippen LogP contribution in [0.2, 0.25) is 0 Å². The fourth-order valence-electron chi connectivity index (χ4n) is 3.66. The van der Waals surface area contributed by atoms with Crippen molar-refractivity contribution in [1.82, 2.24) is 9.88 Å². The summed E-state index contributed by atoms with van der Waals surface area (Å²) in [6.45, 7) is 3.01. The summed E-state index contributed by atoms with van der Waals surface area (Å²) in [5.74, 6) is 0.306. The molecule has 0 amide bonds. The van der Waals surface area contributed by atoms with Crippen LogP contribution in [0.15, 0.2) is 54.7 Å². The van der Waals surface area contributed by atoms with Crippen LogP contribution in [0.1, 0.15) is 18.4 Å². The molecule has 1 aliphatic heterocycles. The van der Waals surface area contributed by atoms with Crippen LogP contribution in [0.5, 0.6) is 0 Å². The van der Waals surface area contributed by atoms with Crippen LogP contribution in [0, 0.1) is 5.82 Å². The van der Waals surface area contributed by atoms with Crippen LogP contribution in [-0.4, -0.2) is 29.0 Å². The zero-order valence-corrected chi connectivity index (χ0v) is 14.7. The number of piperidine rings is 1. The normalized spacial score (nSPS) is 16.0. The summed E-state index contributed by atoms with van der Waals surface area (Å²) in [4.78, 5) is 6.83. The second-order valence-electron chi connectivity index (χ2n) is 6.90. The number of halogens is 1. The van der Waals surface area contributed by atoms with Crippen molar-refractivity contribution in [2.45, 2.75) is 25.4 Å². The Morgan fingerprint density at radius 2 is 1.85 bits per heavy atom. The van der Waals surface area contributed by atoms with Crippen molar-refractivity contribution in [2.75, 3.05) is 24.1 Å². The molecule has 0 bridgehead atoms. The third-order valence-corrected chi connectivity index (χ3v) is 5.09. The highest BCUT2D eigenvalue weighted by Crippen LogP contribution is 2.30. The van der Waals surface area contributed by atoms with Gasteiger partial charge in [0.2, 0.25) is 0 Å². The van der Waals surface area contributed by atoms with Crippen LogP contribution >= 0.6 is 0 Å². The number of hydrogen-bond acceptors (Lipinski definition) is 4. The Morgan fingerprint density at radius 3 is 2.62 bits per heavy atom. The number of rotatable bonds is 4. The van der Waals surface area contributed by atoms with Crippen molar-refractivity contribution in [3.05, 3.63) is 66.1 Å². The monoisotopic (exact) mass is 350 g/mol. The molecule has 0 unspecified atom stereocenters. The van der Waals surface area contributed by atoms with E-state index < -0.39 is 0 Å². The minimum absolute atomic E-state index is 0.286. The SMILES string of the molecule is Nc1ccc(F)c2c(NC3CCN(Cc4ccccc4)CC3)nccc12. The number of hydrogen-bond donors (Lipinski definition) is 2. The number of fused-ring (bicyclic) bond motifs is 1. The molecule has 5 heteroatoms. The smallest absolute Gasteiger partial charge is 0.137 e. The maximum atomic E-state index is 14.3. The highest BCUT2D eigenvalue weighted by atomic mass is 19.1. The van der Waals surface area contributed by atoms with Crippen LogP contribution in [0.3, 0.4) is 0 Å². The fourth-order valence-corrected chi connectivity index (χ4v) is 3.66. The molecule has 0 saturated carbocycles. The number of nitrogens with zero attached hydrogens (tertiary/aromatic N) is 2. The molecule has 1 aliphatic rings. The van der Waals surface area contributed by atoms with Gasteiger partial charge >= 0.3 is 0 Å². The summed E-state index contributed by atoms with van der Waals surface area (Å²) in [5.41, 5.74) is 7.90. The molecule has 4 rings (SSSR count). The first-order valence-corrected chi connectivity index (χ1v) is 9.06. The number of nitrogens with two attached hydrogens (primary N) is 1. The molecule has 3 aromatic rings. The molecule has 1 fully saturated rings. The molecule has 134 valence electrons. The van der Waals surface area contributed by atoms with Crippen molar-refractivity contribution in [3.8, 4) is 0 Å². The summed E-state index contributed by atoms with van der Waals surface area (Å²) in [6, 6.07) is 15.6. The first-order valence-electron chi connectivity index (χ1n) is 9.06. The van der Waals surface area contributed by atoms with Gasteiger partial charge in [0, 0.05) is 42.9 Å². The summed E-state index contributed by atoms with van der Waals surface area (Å²) >= 11 is 0. The highest BCUT2D eigenvalue weighted by molar-refractivity contribution is 5.99. The number of nitrogen functional groups attached to an aromatic ring is 1. The summed E-state index contributed by atoms with van der Waals surface area (Å²) in [7, 11) is 0. The Bertz CT molecular complexity index is 889. The van der Waals surface area contributed by atoms with Crippen molar-refractivity contribution < 1.29 is 4.39 Å². The zero-order chi connectivity index (χ0) is 17.9. The molecular weight excluding hydrogens is 327 g/mol. The molecular formula is C21H23FN4. The maximum absolute atomic E-state index is 14.3. The summed E-state index contributed by atoms with van der Waals surface area (Å²) < 4.78 is 14.3. The highest BCUT2D eigenvalue weighted by Gasteiger charge is 2.21. The minimum atomic E-state index is -0.286. The standard InChI is InChI=1S/C21H23FN4/c22-18-6-7-19(23)17-8-11-24-21(20(17)18)25-16-9-12-26(13-10-16)14-15-4-2-1-3-5-15/h1-8,11,16H,9-10,12-14,23H2,(H,24,25). The number of nitrogens with one attached hydrogen (secondary N) is 1. The average molecular weight is 350 g/mol. The lowest BCUT2D eigenvalue weighted by molar-refractivity contribution is 0.211. The third-order valence-electron chi connectivity index (χ3n) is 5.09. The van der Waals surface area contributed by atoms with Gasteiger partial charge in [-0.1, -0.05) is 30.3 Å². The number of aromatic nitrogens is 1. The predicted molar refractivity (Wildman–Crippen MR) is 104 cm³/mol. The molecule has 3 N–H and O–H groups in total. The van der Waals surface area contributed by atoms with Gasteiger partial charge in [-0.05, 0) is 36.6 Å². The second-order valence-corrected chi connectivity index (χ2v) is 6.90. The van der Waals surface area contributed by atoms with Crippen molar-refractivity contribution >= 4 is 22.3 Å². The number of anilines is 2. The molecule has 0 radical (unpaired) electrons. The van der Waals surface area contributed by atoms with Crippen LogP contribution in [0.4, 0.5) is 15.9 Å². The van der Waals surface area contributed by atoms with E-state index in [1.165, 1.54) is 11.6 Å². The van der Waals surface area contributed by atoms with Gasteiger partial charge in [0.15, 0.2) is 0 Å². The van der Waals surface area contributed by atoms with E-state index >= 15 is 0 Å². The third kappa shape index (κ3) is 3.48. The largest absolute Gasteiger partial charge is 0.398 e. The number of pyridine rings is 1. The molecule has 1 saturated heterocycles. The molecule has 0 atom stereocenters. The summed E-state index contributed by atoms with van der Waals surface area (Å²) in [5, 5.41) is 4.64. The van der Waals surface area contributed by atoms with E-state index in [4.69, 9.17) is 5.73 Å². The first kappa shape index (κ1) is 16.8. The second kappa shape index (κ2) is 7.30. The molecule has 0 spiro atoms. The molecule has 2 heterocycles. The molecule has 2 aromatic carbocycles. The van der Waals surface area contributed by atoms with Gasteiger partial charge < -0.3 is 11.1 Å². The van der Waals surface area contributed by atoms with Gasteiger partial charge in [-0.3, -0.25) is 4.90 Å². The number of likely N-dealkylation sites (tertiary alicyclic amines) is 1. The van der Waals surface area contributed by atoms with Crippen molar-refractivity contribution in [2.24, 2.45) is 0 Å². The van der Waals surface area contributed by atoms with E-state index in [0.717, 1.165) is 32.5 Å². The topological polar surface area (TPSA) is 54.2 Å². The van der Waals surface area contributed by atoms with E-state index in [-0.39, 0.29) is 5.82 Å². The van der Waals surface area contributed by atoms with Gasteiger partial charge in [0.25, 0.3) is 0 Å². The van der Waals surface area contributed by atoms with Crippen LogP contribution < -0.4 is 11.1 Å². The Hall–Kier alpha value is -2.66. The van der Waals surface area contributed by atoms with E-state index in [0.29, 0.717) is 28.3 Å². The maximum Gasteiger partial charge on any atom is 0.137 e. The lowest BCUT2D eigenvalue weighted by atomic mass is 10.0. The average Bonchev–Trinajstić information content (AvgIpc) is 2.67. The van der Waals surface area contributed by atoms with Gasteiger partial charge in [0.05, 0.1) is 5.39 Å². The lowest BCUT2D eigenvalue weighted by Crippen LogP contribution is -2.38. The fraction of sp³-hybridized carbons (Fsp3) is 0.286. The van der Waals surface area contributed by atoms with Gasteiger partial charge in [-0.25, -0.2) is 9.37 Å². The minimum Gasteiger partial charge on any atom is -0.398 e. The predicted octanol–water partition coefficient (Wildman–Crippen LogP) is 4.03. The molecule has 0 aliphatic carbocycles. The molecule has 26 heavy (non-hydrogen) atoms. The molecule has 1 aromatic heterocycles. The van der Waals surface area contributed by atoms with E-state index in [1.807, 2.05) is 6.07 Å². The van der Waals surface area contributed by atoms with E-state index in [2.05, 4.69) is 39.5 Å². The summed E-state index contributed by atoms with van der Waals surface area (Å²) in [6.07, 6.45) is 3.70. The van der Waals surface area contributed by atoms with Crippen molar-refractivity contribution in [3.63, 3.8) is 0 Å².